The van der Waals surface area contributed by atoms with Gasteiger partial charge in [0, 0.05) is 26.3 Å². The van der Waals surface area contributed by atoms with E-state index in [1.807, 2.05) is 40.7 Å². The Morgan fingerprint density at radius 2 is 1.89 bits per heavy atom. The molecule has 0 spiro atoms. The van der Waals surface area contributed by atoms with E-state index in [9.17, 15) is 4.79 Å². The maximum atomic E-state index is 12.2. The lowest BCUT2D eigenvalue weighted by molar-refractivity contribution is 0.0448. The number of ether oxygens (including phenoxy) is 1. The van der Waals surface area contributed by atoms with Crippen LogP contribution >= 0.6 is 11.6 Å². The van der Waals surface area contributed by atoms with Crippen LogP contribution in [-0.2, 0) is 11.3 Å². The molecule has 1 rings (SSSR count). The van der Waals surface area contributed by atoms with Gasteiger partial charge in [0.15, 0.2) is 5.96 Å². The maximum Gasteiger partial charge on any atom is 0.408 e. The minimum Gasteiger partial charge on any atom is -0.444 e. The summed E-state index contributed by atoms with van der Waals surface area (Å²) in [5.41, 5.74) is 0.0305. The number of carbonyl (C=O) groups is 1. The summed E-state index contributed by atoms with van der Waals surface area (Å²) in [6.45, 7) is 10.7. The van der Waals surface area contributed by atoms with Crippen molar-refractivity contribution in [3.63, 3.8) is 0 Å². The molecule has 1 aromatic rings. The Bertz CT molecular complexity index is 622. The van der Waals surface area contributed by atoms with Crippen LogP contribution in [0.1, 0.15) is 53.0 Å². The van der Waals surface area contributed by atoms with Crippen molar-refractivity contribution < 1.29 is 9.53 Å². The summed E-state index contributed by atoms with van der Waals surface area (Å²) < 4.78 is 5.40. The zero-order valence-electron chi connectivity index (χ0n) is 17.1. The molecule has 1 amide bonds. The maximum absolute atomic E-state index is 12.2. The number of hydrogen-bond donors (Lipinski definition) is 3. The molecule has 0 radical (unpaired) electrons. The number of hydrogen-bond acceptors (Lipinski definition) is 4. The van der Waals surface area contributed by atoms with Gasteiger partial charge in [-0.3, -0.25) is 4.99 Å². The first kappa shape index (κ1) is 23.0. The first-order valence-corrected chi connectivity index (χ1v) is 9.57. The second kappa shape index (κ2) is 10.3. The van der Waals surface area contributed by atoms with Gasteiger partial charge in [-0.1, -0.05) is 31.5 Å². The molecule has 152 valence electrons. The average molecular weight is 398 g/mol. The molecule has 0 aliphatic rings. The molecule has 7 nitrogen and oxygen atoms in total. The van der Waals surface area contributed by atoms with E-state index in [0.29, 0.717) is 24.2 Å². The Kier molecular flexibility index (Phi) is 8.82. The molecule has 0 unspecified atom stereocenters. The van der Waals surface area contributed by atoms with Gasteiger partial charge >= 0.3 is 6.09 Å². The Labute approximate surface area is 167 Å². The molecule has 0 aromatic carbocycles. The Morgan fingerprint density at radius 3 is 2.37 bits per heavy atom. The second-order valence-electron chi connectivity index (χ2n) is 7.38. The van der Waals surface area contributed by atoms with Gasteiger partial charge in [0.1, 0.15) is 10.8 Å². The number of rotatable bonds is 7. The molecule has 8 heteroatoms. The second-order valence-corrected chi connectivity index (χ2v) is 7.77. The molecule has 0 atom stereocenters. The number of halogens is 1. The number of carbonyl (C=O) groups excluding carboxylic acids is 1. The van der Waals surface area contributed by atoms with Crippen LogP contribution in [0.5, 0.6) is 0 Å². The summed E-state index contributed by atoms with van der Waals surface area (Å²) in [5.74, 6) is 0.641. The van der Waals surface area contributed by atoms with Gasteiger partial charge in [-0.25, -0.2) is 9.78 Å². The van der Waals surface area contributed by atoms with Crippen LogP contribution in [-0.4, -0.2) is 41.8 Å². The predicted molar refractivity (Wildman–Crippen MR) is 110 cm³/mol. The van der Waals surface area contributed by atoms with Crippen molar-refractivity contribution in [2.45, 2.75) is 65.1 Å². The van der Waals surface area contributed by atoms with Crippen LogP contribution in [0.15, 0.2) is 23.3 Å². The fourth-order valence-electron chi connectivity index (χ4n) is 2.41. The number of aliphatic imine (C=N–C) groups is 1. The van der Waals surface area contributed by atoms with E-state index in [2.05, 4.69) is 25.9 Å². The van der Waals surface area contributed by atoms with E-state index in [0.717, 1.165) is 18.4 Å². The van der Waals surface area contributed by atoms with Crippen LogP contribution in [0.25, 0.3) is 0 Å². The third-order valence-corrected chi connectivity index (χ3v) is 4.41. The van der Waals surface area contributed by atoms with Crippen molar-refractivity contribution >= 4 is 23.7 Å². The molecule has 0 aliphatic carbocycles. The Morgan fingerprint density at radius 1 is 1.22 bits per heavy atom. The van der Waals surface area contributed by atoms with Gasteiger partial charge in [-0.05, 0) is 45.2 Å². The standard InChI is InChI=1S/C19H32ClN5O2/c1-7-19(8-2,25-17(26)27-18(3,4)5)13-24-16(21-6)23-12-14-9-10-15(20)22-11-14/h9-11H,7-8,12-13H2,1-6H3,(H,25,26)(H2,21,23,24). The smallest absolute Gasteiger partial charge is 0.408 e. The van der Waals surface area contributed by atoms with Crippen LogP contribution in [0.2, 0.25) is 5.15 Å². The van der Waals surface area contributed by atoms with Crippen LogP contribution in [0, 0.1) is 0 Å². The van der Waals surface area contributed by atoms with Crippen molar-refractivity contribution in [1.29, 1.82) is 0 Å². The largest absolute Gasteiger partial charge is 0.444 e. The van der Waals surface area contributed by atoms with Gasteiger partial charge in [-0.15, -0.1) is 0 Å². The SMILES string of the molecule is CCC(CC)(CNC(=NC)NCc1ccc(Cl)nc1)NC(=O)OC(C)(C)C. The van der Waals surface area contributed by atoms with Gasteiger partial charge < -0.3 is 20.7 Å². The molecule has 0 saturated carbocycles. The summed E-state index contributed by atoms with van der Waals surface area (Å²) in [4.78, 5) is 20.5. The van der Waals surface area contributed by atoms with E-state index >= 15 is 0 Å². The van der Waals surface area contributed by atoms with Crippen molar-refractivity contribution in [3.05, 3.63) is 29.0 Å². The Hall–Kier alpha value is -2.02. The molecular weight excluding hydrogens is 366 g/mol. The molecule has 3 N–H and O–H groups in total. The normalized spacial score (nSPS) is 12.5. The van der Waals surface area contributed by atoms with E-state index in [-0.39, 0.29) is 0 Å². The third-order valence-electron chi connectivity index (χ3n) is 4.19. The van der Waals surface area contributed by atoms with E-state index in [4.69, 9.17) is 16.3 Å². The molecular formula is C19H32ClN5O2. The van der Waals surface area contributed by atoms with Gasteiger partial charge in [-0.2, -0.15) is 0 Å². The summed E-state index contributed by atoms with van der Waals surface area (Å²) >= 11 is 5.80. The third kappa shape index (κ3) is 8.47. The van der Waals surface area contributed by atoms with E-state index in [1.165, 1.54) is 0 Å². The summed E-state index contributed by atoms with van der Waals surface area (Å²) in [7, 11) is 1.70. The molecule has 0 bridgehead atoms. The number of pyridine rings is 1. The van der Waals surface area contributed by atoms with Gasteiger partial charge in [0.05, 0.1) is 5.54 Å². The molecule has 0 saturated heterocycles. The van der Waals surface area contributed by atoms with Gasteiger partial charge in [0.25, 0.3) is 0 Å². The molecule has 0 aliphatic heterocycles. The minimum absolute atomic E-state index is 0.414. The summed E-state index contributed by atoms with van der Waals surface area (Å²) in [5, 5.41) is 9.99. The zero-order chi connectivity index (χ0) is 20.5. The average Bonchev–Trinajstić information content (AvgIpc) is 2.60. The van der Waals surface area contributed by atoms with Crippen LogP contribution in [0.3, 0.4) is 0 Å². The fraction of sp³-hybridized carbons (Fsp3) is 0.632. The van der Waals surface area contributed by atoms with Gasteiger partial charge in [0.2, 0.25) is 0 Å². The molecule has 1 heterocycles. The summed E-state index contributed by atoms with van der Waals surface area (Å²) in [6.07, 6.45) is 2.82. The molecule has 0 fully saturated rings. The van der Waals surface area contributed by atoms with Crippen LogP contribution in [0.4, 0.5) is 4.79 Å². The van der Waals surface area contributed by atoms with E-state index < -0.39 is 17.2 Å². The zero-order valence-corrected chi connectivity index (χ0v) is 17.9. The number of nitrogens with one attached hydrogen (secondary N) is 3. The predicted octanol–water partition coefficient (Wildman–Crippen LogP) is 3.48. The highest BCUT2D eigenvalue weighted by molar-refractivity contribution is 6.29. The fourth-order valence-corrected chi connectivity index (χ4v) is 2.52. The van der Waals surface area contributed by atoms with Crippen LogP contribution < -0.4 is 16.0 Å². The highest BCUT2D eigenvalue weighted by Crippen LogP contribution is 2.16. The minimum atomic E-state index is -0.533. The van der Waals surface area contributed by atoms with Crippen molar-refractivity contribution in [2.75, 3.05) is 13.6 Å². The lowest BCUT2D eigenvalue weighted by atomic mass is 9.93. The molecule has 1 aromatic heterocycles. The van der Waals surface area contributed by atoms with E-state index in [1.54, 1.807) is 19.3 Å². The quantitative estimate of drug-likeness (QED) is 0.372. The first-order valence-electron chi connectivity index (χ1n) is 9.19. The highest BCUT2D eigenvalue weighted by atomic mass is 35.5. The first-order chi connectivity index (χ1) is 12.6. The highest BCUT2D eigenvalue weighted by Gasteiger charge is 2.30. The van der Waals surface area contributed by atoms with Crippen molar-refractivity contribution in [2.24, 2.45) is 4.99 Å². The lowest BCUT2D eigenvalue weighted by Gasteiger charge is -2.34. The monoisotopic (exact) mass is 397 g/mol. The Balaban J connectivity index is 2.64. The van der Waals surface area contributed by atoms with Crippen molar-refractivity contribution in [3.8, 4) is 0 Å². The number of guanidine groups is 1. The summed E-state index contributed by atoms with van der Waals surface area (Å²) in [6, 6.07) is 3.65. The van der Waals surface area contributed by atoms with Crippen molar-refractivity contribution in [1.82, 2.24) is 20.9 Å². The molecule has 27 heavy (non-hydrogen) atoms. The lowest BCUT2D eigenvalue weighted by Crippen LogP contribution is -2.57. The topological polar surface area (TPSA) is 87.6 Å². The number of aromatic nitrogens is 1. The number of amides is 1. The number of alkyl carbamates (subject to hydrolysis) is 1. The number of nitrogens with zero attached hydrogens (tertiary/aromatic N) is 2.